The first-order valence-electron chi connectivity index (χ1n) is 6.46. The summed E-state index contributed by atoms with van der Waals surface area (Å²) in [4.78, 5) is 0.149. The fourth-order valence-electron chi connectivity index (χ4n) is 2.24. The number of hydrogen-bond acceptors (Lipinski definition) is 4. The van der Waals surface area contributed by atoms with E-state index in [1.807, 2.05) is 0 Å². The van der Waals surface area contributed by atoms with Gasteiger partial charge in [0.25, 0.3) is 0 Å². The summed E-state index contributed by atoms with van der Waals surface area (Å²) in [5.74, 6) is 0.135. The average Bonchev–Trinajstić information content (AvgIpc) is 2.68. The number of benzene rings is 1. The fraction of sp³-hybridized carbons (Fsp3) is 0.500. The molecule has 1 aromatic rings. The minimum Gasteiger partial charge on any atom is -0.212 e. The number of halogens is 1. The summed E-state index contributed by atoms with van der Waals surface area (Å²) in [6.07, 6.45) is 0.589. The van der Waals surface area contributed by atoms with Crippen LogP contribution in [0.4, 0.5) is 0 Å². The van der Waals surface area contributed by atoms with Crippen LogP contribution in [0.2, 0.25) is 5.02 Å². The number of nitrogens with zero attached hydrogens (tertiary/aromatic N) is 1. The predicted molar refractivity (Wildman–Crippen MR) is 81.4 cm³/mol. The highest BCUT2D eigenvalue weighted by Gasteiger charge is 2.28. The molecule has 0 unspecified atom stereocenters. The molecule has 6 nitrogen and oxygen atoms in total. The summed E-state index contributed by atoms with van der Waals surface area (Å²) < 4.78 is 51.3. The normalized spacial score (nSPS) is 19.0. The summed E-state index contributed by atoms with van der Waals surface area (Å²) >= 11 is 5.80. The van der Waals surface area contributed by atoms with Gasteiger partial charge >= 0.3 is 0 Å². The smallest absolute Gasteiger partial charge is 0.212 e. The van der Waals surface area contributed by atoms with E-state index < -0.39 is 20.0 Å². The highest BCUT2D eigenvalue weighted by atomic mass is 35.5. The van der Waals surface area contributed by atoms with Crippen molar-refractivity contribution in [2.45, 2.75) is 18.2 Å². The molecule has 0 saturated carbocycles. The third-order valence-corrected chi connectivity index (χ3v) is 7.10. The summed E-state index contributed by atoms with van der Waals surface area (Å²) in [7, 11) is -6.87. The number of aryl methyl sites for hydroxylation is 1. The molecule has 1 heterocycles. The van der Waals surface area contributed by atoms with Crippen LogP contribution in [-0.2, 0) is 20.0 Å². The van der Waals surface area contributed by atoms with E-state index in [1.54, 1.807) is 13.0 Å². The molecule has 0 aliphatic carbocycles. The van der Waals surface area contributed by atoms with Gasteiger partial charge in [0.15, 0.2) is 0 Å². The molecule has 0 aromatic heterocycles. The first-order chi connectivity index (χ1) is 9.72. The Hall–Kier alpha value is -0.670. The maximum atomic E-state index is 12.2. The van der Waals surface area contributed by atoms with Crippen molar-refractivity contribution in [1.82, 2.24) is 9.03 Å². The lowest BCUT2D eigenvalue weighted by Crippen LogP contribution is -2.36. The van der Waals surface area contributed by atoms with E-state index in [0.29, 0.717) is 23.6 Å². The van der Waals surface area contributed by atoms with Gasteiger partial charge in [-0.25, -0.2) is 25.9 Å². The molecule has 1 N–H and O–H groups in total. The van der Waals surface area contributed by atoms with E-state index in [0.717, 1.165) is 0 Å². The van der Waals surface area contributed by atoms with E-state index >= 15 is 0 Å². The number of rotatable bonds is 5. The minimum absolute atomic E-state index is 0.0453. The predicted octanol–water partition coefficient (Wildman–Crippen LogP) is 0.962. The van der Waals surface area contributed by atoms with Gasteiger partial charge in [-0.15, -0.1) is 0 Å². The molecule has 1 fully saturated rings. The zero-order valence-corrected chi connectivity index (χ0v) is 13.9. The Kier molecular flexibility index (Phi) is 4.94. The molecule has 1 aliphatic rings. The topological polar surface area (TPSA) is 83.6 Å². The molecular weight excluding hydrogens is 336 g/mol. The molecule has 2 rings (SSSR count). The van der Waals surface area contributed by atoms with Gasteiger partial charge < -0.3 is 0 Å². The number of nitrogens with one attached hydrogen (secondary N) is 1. The van der Waals surface area contributed by atoms with E-state index in [4.69, 9.17) is 11.6 Å². The van der Waals surface area contributed by atoms with Crippen molar-refractivity contribution in [3.05, 3.63) is 28.8 Å². The Balaban J connectivity index is 2.02. The first kappa shape index (κ1) is 16.7. The summed E-state index contributed by atoms with van der Waals surface area (Å²) in [6, 6.07) is 4.52. The molecule has 0 spiro atoms. The van der Waals surface area contributed by atoms with Gasteiger partial charge in [-0.05, 0) is 37.1 Å². The van der Waals surface area contributed by atoms with Crippen LogP contribution >= 0.6 is 11.6 Å². The lowest BCUT2D eigenvalue weighted by atomic mass is 10.2. The van der Waals surface area contributed by atoms with Gasteiger partial charge in [0.1, 0.15) is 0 Å². The van der Waals surface area contributed by atoms with Gasteiger partial charge in [-0.2, -0.15) is 0 Å². The molecule has 9 heteroatoms. The SMILES string of the molecule is Cc1cc(Cl)ccc1S(=O)(=O)NCCN1CCCS1(=O)=O. The quantitative estimate of drug-likeness (QED) is 0.855. The van der Waals surface area contributed by atoms with Gasteiger partial charge in [0, 0.05) is 24.7 Å². The van der Waals surface area contributed by atoms with Crippen LogP contribution in [0.25, 0.3) is 0 Å². The van der Waals surface area contributed by atoms with Gasteiger partial charge in [-0.3, -0.25) is 0 Å². The fourth-order valence-corrected chi connectivity index (χ4v) is 5.24. The Labute approximate surface area is 130 Å². The Bertz CT molecular complexity index is 732. The molecule has 1 saturated heterocycles. The molecule has 0 atom stereocenters. The summed E-state index contributed by atoms with van der Waals surface area (Å²) in [5.41, 5.74) is 0.545. The Morgan fingerprint density at radius 3 is 2.67 bits per heavy atom. The van der Waals surface area contributed by atoms with Gasteiger partial charge in [-0.1, -0.05) is 11.6 Å². The van der Waals surface area contributed by atoms with Gasteiger partial charge in [0.2, 0.25) is 20.0 Å². The van der Waals surface area contributed by atoms with Crippen LogP contribution in [0.15, 0.2) is 23.1 Å². The van der Waals surface area contributed by atoms with Crippen molar-refractivity contribution in [3.8, 4) is 0 Å². The Morgan fingerprint density at radius 1 is 1.38 bits per heavy atom. The van der Waals surface area contributed by atoms with E-state index in [2.05, 4.69) is 4.72 Å². The molecule has 0 amide bonds. The summed E-state index contributed by atoms with van der Waals surface area (Å²) in [6.45, 7) is 2.30. The van der Waals surface area contributed by atoms with Crippen LogP contribution < -0.4 is 4.72 Å². The van der Waals surface area contributed by atoms with Crippen molar-refractivity contribution in [2.75, 3.05) is 25.4 Å². The largest absolute Gasteiger partial charge is 0.240 e. The molecule has 21 heavy (non-hydrogen) atoms. The van der Waals surface area contributed by atoms with Crippen molar-refractivity contribution in [1.29, 1.82) is 0 Å². The minimum atomic E-state index is -3.67. The highest BCUT2D eigenvalue weighted by Crippen LogP contribution is 2.19. The molecule has 1 aliphatic heterocycles. The third-order valence-electron chi connectivity index (χ3n) is 3.28. The van der Waals surface area contributed by atoms with Crippen LogP contribution in [0.3, 0.4) is 0 Å². The Morgan fingerprint density at radius 2 is 2.10 bits per heavy atom. The first-order valence-corrected chi connectivity index (χ1v) is 9.93. The molecule has 0 bridgehead atoms. The molecule has 0 radical (unpaired) electrons. The number of hydrogen-bond donors (Lipinski definition) is 1. The summed E-state index contributed by atoms with van der Waals surface area (Å²) in [5, 5.41) is 0.467. The monoisotopic (exact) mass is 352 g/mol. The highest BCUT2D eigenvalue weighted by molar-refractivity contribution is 7.89. The molecular formula is C12H17ClN2O4S2. The van der Waals surface area contributed by atoms with Gasteiger partial charge in [0.05, 0.1) is 10.6 Å². The number of sulfonamides is 2. The van der Waals surface area contributed by atoms with Crippen LogP contribution in [-0.4, -0.2) is 46.5 Å². The molecule has 118 valence electrons. The zero-order chi connectivity index (χ0) is 15.7. The van der Waals surface area contributed by atoms with Crippen molar-refractivity contribution in [3.63, 3.8) is 0 Å². The second kappa shape index (κ2) is 6.21. The van der Waals surface area contributed by atoms with E-state index in [9.17, 15) is 16.8 Å². The van der Waals surface area contributed by atoms with Crippen molar-refractivity contribution >= 4 is 31.6 Å². The second-order valence-corrected chi connectivity index (χ2v) is 9.14. The maximum Gasteiger partial charge on any atom is 0.240 e. The van der Waals surface area contributed by atoms with Crippen molar-refractivity contribution < 1.29 is 16.8 Å². The third kappa shape index (κ3) is 3.95. The molecule has 1 aromatic carbocycles. The zero-order valence-electron chi connectivity index (χ0n) is 11.5. The van der Waals surface area contributed by atoms with E-state index in [1.165, 1.54) is 16.4 Å². The van der Waals surface area contributed by atoms with Crippen LogP contribution in [0, 0.1) is 6.92 Å². The second-order valence-electron chi connectivity index (χ2n) is 4.88. The van der Waals surface area contributed by atoms with Crippen molar-refractivity contribution in [2.24, 2.45) is 0 Å². The average molecular weight is 353 g/mol. The lowest BCUT2D eigenvalue weighted by molar-refractivity contribution is 0.444. The lowest BCUT2D eigenvalue weighted by Gasteiger charge is -2.15. The van der Waals surface area contributed by atoms with Crippen LogP contribution in [0.5, 0.6) is 0 Å². The maximum absolute atomic E-state index is 12.2. The van der Waals surface area contributed by atoms with Crippen LogP contribution in [0.1, 0.15) is 12.0 Å². The van der Waals surface area contributed by atoms with E-state index in [-0.39, 0.29) is 23.7 Å². The standard InChI is InChI=1S/C12H17ClN2O4S2/c1-10-9-11(13)3-4-12(10)21(18,19)14-5-7-15-6-2-8-20(15,16)17/h3-4,9,14H,2,5-8H2,1H3.